The molecule has 10 heteroatoms. The molecular weight excluding hydrogens is 456 g/mol. The number of nitrogens with zero attached hydrogens (tertiary/aromatic N) is 3. The summed E-state index contributed by atoms with van der Waals surface area (Å²) in [6.45, 7) is 5.81. The highest BCUT2D eigenvalue weighted by Gasteiger charge is 2.42. The van der Waals surface area contributed by atoms with Gasteiger partial charge in [0.05, 0.1) is 28.4 Å². The van der Waals surface area contributed by atoms with Crippen LogP contribution in [-0.2, 0) is 19.6 Å². The summed E-state index contributed by atoms with van der Waals surface area (Å²) in [6.07, 6.45) is 0. The quantitative estimate of drug-likeness (QED) is 0.541. The van der Waals surface area contributed by atoms with E-state index < -0.39 is 27.9 Å². The summed E-state index contributed by atoms with van der Waals surface area (Å²) in [7, 11) is -4.05. The number of ether oxygens (including phenoxy) is 1. The summed E-state index contributed by atoms with van der Waals surface area (Å²) >= 11 is 0. The molecule has 1 N–H and O–H groups in total. The van der Waals surface area contributed by atoms with Gasteiger partial charge in [-0.1, -0.05) is 18.2 Å². The van der Waals surface area contributed by atoms with Crippen LogP contribution in [0.5, 0.6) is 0 Å². The Hall–Kier alpha value is -3.50. The maximum atomic E-state index is 13.6. The minimum atomic E-state index is -4.05. The van der Waals surface area contributed by atoms with E-state index in [1.807, 2.05) is 37.3 Å². The molecule has 1 amide bonds. The van der Waals surface area contributed by atoms with Crippen molar-refractivity contribution in [3.63, 3.8) is 0 Å². The molecule has 1 saturated heterocycles. The van der Waals surface area contributed by atoms with Crippen LogP contribution in [-0.4, -0.2) is 54.1 Å². The first-order valence-corrected chi connectivity index (χ1v) is 12.4. The number of hydrogen-bond donors (Lipinski definition) is 1. The second-order valence-electron chi connectivity index (χ2n) is 7.89. The highest BCUT2D eigenvalue weighted by molar-refractivity contribution is 7.89. The van der Waals surface area contributed by atoms with E-state index in [4.69, 9.17) is 4.74 Å². The van der Waals surface area contributed by atoms with E-state index >= 15 is 0 Å². The first-order valence-electron chi connectivity index (χ1n) is 10.9. The van der Waals surface area contributed by atoms with Gasteiger partial charge in [0.15, 0.2) is 0 Å². The molecule has 1 fully saturated rings. The Bertz CT molecular complexity index is 1320. The number of amides is 1. The zero-order valence-corrected chi connectivity index (χ0v) is 20.0. The number of nitrogens with one attached hydrogen (secondary N) is 1. The number of sulfonamides is 1. The van der Waals surface area contributed by atoms with E-state index in [-0.39, 0.29) is 30.2 Å². The van der Waals surface area contributed by atoms with Crippen LogP contribution >= 0.6 is 0 Å². The molecule has 4 rings (SSSR count). The van der Waals surface area contributed by atoms with Gasteiger partial charge >= 0.3 is 5.97 Å². The summed E-state index contributed by atoms with van der Waals surface area (Å²) in [6, 6.07) is 13.9. The monoisotopic (exact) mass is 482 g/mol. The topological polar surface area (TPSA) is 111 Å². The van der Waals surface area contributed by atoms with E-state index in [1.54, 1.807) is 18.5 Å². The lowest BCUT2D eigenvalue weighted by Gasteiger charge is -2.34. The number of carbonyl (C=O) groups is 2. The number of aromatic nitrogens is 2. The largest absolute Gasteiger partial charge is 0.462 e. The van der Waals surface area contributed by atoms with Gasteiger partial charge < -0.3 is 10.1 Å². The van der Waals surface area contributed by atoms with Crippen molar-refractivity contribution in [2.75, 3.05) is 19.7 Å². The van der Waals surface area contributed by atoms with Crippen molar-refractivity contribution in [2.24, 2.45) is 0 Å². The van der Waals surface area contributed by atoms with Gasteiger partial charge in [-0.15, -0.1) is 0 Å². The maximum Gasteiger partial charge on any atom is 0.338 e. The van der Waals surface area contributed by atoms with Crippen molar-refractivity contribution >= 4 is 21.9 Å². The Morgan fingerprint density at radius 1 is 1.12 bits per heavy atom. The number of aryl methyl sites for hydroxylation is 1. The number of para-hydroxylation sites is 1. The van der Waals surface area contributed by atoms with Crippen LogP contribution in [0.25, 0.3) is 5.69 Å². The van der Waals surface area contributed by atoms with Gasteiger partial charge in [0.25, 0.3) is 0 Å². The third kappa shape index (κ3) is 4.22. The van der Waals surface area contributed by atoms with Gasteiger partial charge in [-0.3, -0.25) is 4.79 Å². The molecule has 0 saturated carbocycles. The number of rotatable bonds is 6. The Morgan fingerprint density at radius 3 is 2.44 bits per heavy atom. The summed E-state index contributed by atoms with van der Waals surface area (Å²) < 4.78 is 35.1. The molecule has 9 nitrogen and oxygen atoms in total. The third-order valence-corrected chi connectivity index (χ3v) is 7.64. The summed E-state index contributed by atoms with van der Waals surface area (Å²) in [4.78, 5) is 25.0. The van der Waals surface area contributed by atoms with E-state index in [9.17, 15) is 18.0 Å². The Kier molecular flexibility index (Phi) is 6.54. The number of esters is 1. The molecule has 1 aliphatic heterocycles. The number of piperazine rings is 1. The predicted octanol–water partition coefficient (Wildman–Crippen LogP) is 2.53. The van der Waals surface area contributed by atoms with E-state index in [1.165, 1.54) is 28.6 Å². The molecule has 0 unspecified atom stereocenters. The second kappa shape index (κ2) is 9.40. The van der Waals surface area contributed by atoms with Gasteiger partial charge in [-0.2, -0.15) is 9.40 Å². The van der Waals surface area contributed by atoms with E-state index in [2.05, 4.69) is 10.4 Å². The number of hydrogen-bond acceptors (Lipinski definition) is 6. The lowest BCUT2D eigenvalue weighted by molar-refractivity contribution is -0.127. The molecule has 178 valence electrons. The third-order valence-electron chi connectivity index (χ3n) is 5.76. The van der Waals surface area contributed by atoms with Crippen molar-refractivity contribution in [3.05, 3.63) is 77.1 Å². The Balaban J connectivity index is 1.75. The summed E-state index contributed by atoms with van der Waals surface area (Å²) in [5.41, 5.74) is 2.87. The van der Waals surface area contributed by atoms with Crippen LogP contribution in [0.1, 0.15) is 40.3 Å². The zero-order valence-electron chi connectivity index (χ0n) is 19.2. The minimum Gasteiger partial charge on any atom is -0.462 e. The zero-order chi connectivity index (χ0) is 24.5. The van der Waals surface area contributed by atoms with Gasteiger partial charge in [0, 0.05) is 24.3 Å². The van der Waals surface area contributed by atoms with Crippen molar-refractivity contribution < 1.29 is 22.7 Å². The van der Waals surface area contributed by atoms with Gasteiger partial charge in [-0.25, -0.2) is 17.9 Å². The van der Waals surface area contributed by atoms with Crippen molar-refractivity contribution in [2.45, 2.75) is 31.7 Å². The van der Waals surface area contributed by atoms with Crippen LogP contribution in [0.3, 0.4) is 0 Å². The highest BCUT2D eigenvalue weighted by atomic mass is 32.2. The van der Waals surface area contributed by atoms with Crippen molar-refractivity contribution in [3.8, 4) is 5.69 Å². The number of benzene rings is 2. The molecule has 2 aromatic carbocycles. The average Bonchev–Trinajstić information content (AvgIpc) is 3.13. The van der Waals surface area contributed by atoms with Crippen LogP contribution in [0.4, 0.5) is 0 Å². The highest BCUT2D eigenvalue weighted by Crippen LogP contribution is 2.34. The smallest absolute Gasteiger partial charge is 0.338 e. The summed E-state index contributed by atoms with van der Waals surface area (Å²) in [5.74, 6) is -0.932. The normalized spacial score (nSPS) is 16.8. The van der Waals surface area contributed by atoms with Crippen LogP contribution in [0.2, 0.25) is 0 Å². The molecule has 2 heterocycles. The SMILES string of the molecule is CCOC(=O)c1ccc(S(=O)(=O)N2CCNC(=O)[C@H]2c2c(C)nn(-c3ccccc3)c2C)cc1. The molecule has 1 atom stereocenters. The Labute approximate surface area is 198 Å². The lowest BCUT2D eigenvalue weighted by atomic mass is 10.0. The van der Waals surface area contributed by atoms with Crippen molar-refractivity contribution in [1.29, 1.82) is 0 Å². The van der Waals surface area contributed by atoms with Gasteiger partial charge in [-0.05, 0) is 57.2 Å². The molecule has 1 aromatic heterocycles. The number of carbonyl (C=O) groups excluding carboxylic acids is 2. The molecule has 0 radical (unpaired) electrons. The first-order chi connectivity index (χ1) is 16.3. The molecule has 1 aliphatic rings. The van der Waals surface area contributed by atoms with Crippen molar-refractivity contribution in [1.82, 2.24) is 19.4 Å². The minimum absolute atomic E-state index is 0.00833. The molecule has 3 aromatic rings. The van der Waals surface area contributed by atoms with Gasteiger partial charge in [0.1, 0.15) is 6.04 Å². The molecule has 34 heavy (non-hydrogen) atoms. The van der Waals surface area contributed by atoms with E-state index in [0.717, 1.165) is 5.69 Å². The standard InChI is InChI=1S/C24H26N4O5S/c1-4-33-24(30)18-10-12-20(13-11-18)34(31,32)27-15-14-25-23(29)22(27)21-16(2)26-28(17(21)3)19-8-6-5-7-9-19/h5-13,22H,4,14-15H2,1-3H3,(H,25,29)/t22-/m1/s1. The fraction of sp³-hybridized carbons (Fsp3) is 0.292. The molecular formula is C24H26N4O5S. The molecule has 0 aliphatic carbocycles. The summed E-state index contributed by atoms with van der Waals surface area (Å²) in [5, 5.41) is 7.37. The molecule has 0 spiro atoms. The predicted molar refractivity (Wildman–Crippen MR) is 125 cm³/mol. The fourth-order valence-corrected chi connectivity index (χ4v) is 5.72. The fourth-order valence-electron chi connectivity index (χ4n) is 4.16. The van der Waals surface area contributed by atoms with E-state index in [0.29, 0.717) is 17.0 Å². The van der Waals surface area contributed by atoms with Gasteiger partial charge in [0.2, 0.25) is 15.9 Å². The molecule has 0 bridgehead atoms. The maximum absolute atomic E-state index is 13.6. The van der Waals surface area contributed by atoms with Crippen LogP contribution < -0.4 is 5.32 Å². The Morgan fingerprint density at radius 2 is 1.79 bits per heavy atom. The first kappa shape index (κ1) is 23.7. The second-order valence-corrected chi connectivity index (χ2v) is 9.78. The average molecular weight is 483 g/mol. The lowest BCUT2D eigenvalue weighted by Crippen LogP contribution is -2.52. The van der Waals surface area contributed by atoms with Crippen LogP contribution in [0.15, 0.2) is 59.5 Å². The van der Waals surface area contributed by atoms with Crippen LogP contribution in [0, 0.1) is 13.8 Å².